The van der Waals surface area contributed by atoms with E-state index in [1.807, 2.05) is 140 Å². The van der Waals surface area contributed by atoms with Crippen LogP contribution in [0.15, 0.2) is 231 Å². The van der Waals surface area contributed by atoms with E-state index in [9.17, 15) is 38.4 Å². The van der Waals surface area contributed by atoms with Crippen molar-refractivity contribution in [2.75, 3.05) is 61.4 Å². The highest BCUT2D eigenvalue weighted by Gasteiger charge is 2.53. The fourth-order valence-electron chi connectivity index (χ4n) is 19.8. The van der Waals surface area contributed by atoms with Gasteiger partial charge in [0.1, 0.15) is 28.5 Å². The number of guanidine groups is 5. The number of hydrogen-bond acceptors (Lipinski definition) is 23. The fourth-order valence-corrected chi connectivity index (χ4v) is 23.4. The van der Waals surface area contributed by atoms with Gasteiger partial charge in [0.25, 0.3) is 11.8 Å². The van der Waals surface area contributed by atoms with E-state index in [2.05, 4.69) is 103 Å². The number of thioether (sulfide) groups is 1. The molecule has 11 N–H and O–H groups in total. The number of aliphatic imine (C=N–C) groups is 4. The van der Waals surface area contributed by atoms with Crippen molar-refractivity contribution < 1.29 is 33.2 Å². The minimum Gasteiger partial charge on any atom is -0.369 e. The first-order valence-electron chi connectivity index (χ1n) is 47.2. The summed E-state index contributed by atoms with van der Waals surface area (Å²) < 4.78 is 15.2. The zero-order chi connectivity index (χ0) is 97.5. The Morgan fingerprint density at radius 2 is 1.29 bits per heavy atom. The maximum absolute atomic E-state index is 13.3. The van der Waals surface area contributed by atoms with E-state index < -0.39 is 32.9 Å². The lowest BCUT2D eigenvalue weighted by atomic mass is 9.74. The number of rotatable bonds is 22. The van der Waals surface area contributed by atoms with Crippen molar-refractivity contribution in [2.45, 2.75) is 201 Å². The quantitative estimate of drug-likeness (QED) is 0.0331. The number of nitrogens with two attached hydrogens (primary N) is 4. The molecule has 7 amide bonds. The SMILES string of the molecule is CCN1C(=N)N(C)C(=O)C[C@@]1(C)c1ccc2cnn(CC)c2c1.CN1C(=O)C(Sc2ccccc2)[C@@](C)(c2cc(-c3cccc(C#N)c3)cs2)N=C1N.CN1C(=O)C(c2ccccc2)(c2ccc(-c3cncnc3)s2)N=C1N.CN1C(=O)C[C@@](C)(C2CCCN(C(=O)NCc3cccc(F)c3)C2)N=C1N.CN1C(=O)[C@@](CCC2CCCCC2)(C[C@H]2CCC[C@H](NCCc3ccccc3)C2)N=C1N. The third-order valence-corrected chi connectivity index (χ3v) is 31.9. The van der Waals surface area contributed by atoms with Gasteiger partial charge in [-0.25, -0.2) is 39.1 Å². The molecule has 3 unspecified atom stereocenters. The van der Waals surface area contributed by atoms with Crippen LogP contribution < -0.4 is 33.6 Å². The highest BCUT2D eigenvalue weighted by Crippen LogP contribution is 2.49. The van der Waals surface area contributed by atoms with E-state index in [4.69, 9.17) is 38.3 Å². The molecular formula is C104H126FN23O6S3. The number of hydrogen-bond donors (Lipinski definition) is 7. The Bertz CT molecular complexity index is 6140. The first-order chi connectivity index (χ1) is 65.8. The Labute approximate surface area is 814 Å². The van der Waals surface area contributed by atoms with E-state index in [0.717, 1.165) is 122 Å². The van der Waals surface area contributed by atoms with E-state index in [0.29, 0.717) is 55.1 Å². The molecule has 29 nitrogen and oxygen atoms in total. The maximum atomic E-state index is 13.3. The molecule has 4 aromatic heterocycles. The molecule has 9 atom stereocenters. The number of carbonyl (C=O) groups is 6. The third-order valence-electron chi connectivity index (χ3n) is 28.0. The first-order valence-corrected chi connectivity index (χ1v) is 49.8. The zero-order valence-corrected chi connectivity index (χ0v) is 82.2. The van der Waals surface area contributed by atoms with Gasteiger partial charge in [-0.1, -0.05) is 160 Å². The minimum atomic E-state index is -1.14. The van der Waals surface area contributed by atoms with Crippen molar-refractivity contribution in [3.05, 3.63) is 250 Å². The second kappa shape index (κ2) is 44.0. The van der Waals surface area contributed by atoms with Gasteiger partial charge in [-0.15, -0.1) is 34.4 Å². The number of likely N-dealkylation sites (N-methyl/N-ethyl adjacent to an activating group) is 2. The third kappa shape index (κ3) is 22.5. The van der Waals surface area contributed by atoms with Crippen LogP contribution in [0.1, 0.15) is 175 Å². The number of fused-ring (bicyclic) bond motifs is 1. The molecule has 8 aliphatic rings. The highest BCUT2D eigenvalue weighted by atomic mass is 32.2. The van der Waals surface area contributed by atoms with Gasteiger partial charge in [0.15, 0.2) is 23.8 Å². The molecule has 2 saturated carbocycles. The van der Waals surface area contributed by atoms with E-state index in [1.165, 1.54) is 118 Å². The van der Waals surface area contributed by atoms with Crippen LogP contribution in [0.25, 0.3) is 32.5 Å². The summed E-state index contributed by atoms with van der Waals surface area (Å²) in [5, 5.41) is 31.2. The maximum Gasteiger partial charge on any atom is 0.317 e. The van der Waals surface area contributed by atoms with Crippen molar-refractivity contribution >= 4 is 111 Å². The lowest BCUT2D eigenvalue weighted by Gasteiger charge is -2.48. The van der Waals surface area contributed by atoms with Crippen LogP contribution >= 0.6 is 34.4 Å². The molecule has 137 heavy (non-hydrogen) atoms. The van der Waals surface area contributed by atoms with Gasteiger partial charge in [0, 0.05) is 123 Å². The van der Waals surface area contributed by atoms with Gasteiger partial charge in [0.2, 0.25) is 29.2 Å². The number of piperidine rings is 1. The Balaban J connectivity index is 0.000000137. The van der Waals surface area contributed by atoms with Crippen LogP contribution in [0.4, 0.5) is 9.18 Å². The van der Waals surface area contributed by atoms with Gasteiger partial charge in [0.05, 0.1) is 47.3 Å². The number of aryl methyl sites for hydroxylation is 1. The standard InChI is InChI=1S/C27H42N4O.C23H20N4OS2.C19H26FN5O2.C18H15N5OS.C17H23N5O/c1-31-25(32)27(30-26(31)28,17-15-21-9-4-2-5-10-21)20-23-13-8-14-24(19-23)29-18-16-22-11-6-3-7-12-22;1-23(19-12-17(14-29-19)16-8-6-7-15(11-16)13-24)20(21(28)27(2)22(25)26-23)30-18-9-4-3-5-10-18;1-19(10-16(26)24(2)17(21)23-19)14-6-4-8-25(12-14)18(27)22-11-13-5-3-7-15(20)9-13;1-23-16(24)18(22-17(23)19,13-5-3-2-4-6-13)15-8-7-14(25-15)12-9-20-11-21-10-12;1-5-21-16(18)20(4)15(23)10-17(21,3)13-8-7-12-11-19-22(6-2)14(12)9-13/h3,6-7,11-12,21,23-24,29H,2,4-5,8-10,13-20H2,1H3,(H2,28,30);3-12,14,20H,1-2H3,(H2,25,26);3,5,7,9,14H,4,6,8,10-12H2,1-2H3,(H2,21,23)(H,22,27);2-11H,1H3,(H2,19,22);7-9,11,18H,5-6,10H2,1-4H3/t23-,24-,27+;20?,23-;14?,19-;;17-/m010.0/s1. The Hall–Kier alpha value is -13.0. The molecule has 0 spiro atoms. The molecule has 0 bridgehead atoms. The molecule has 2 saturated heterocycles. The van der Waals surface area contributed by atoms with Crippen LogP contribution in [-0.2, 0) is 60.1 Å². The number of benzene rings is 6. The molecule has 10 heterocycles. The molecule has 718 valence electrons. The molecule has 18 rings (SSSR count). The van der Waals surface area contributed by atoms with Gasteiger partial charge in [-0.3, -0.25) is 58.6 Å². The number of nitriles is 1. The number of halogens is 1. The lowest BCUT2D eigenvalue weighted by molar-refractivity contribution is -0.133. The molecule has 10 aromatic rings. The monoisotopic (exact) mass is 1910 g/mol. The summed E-state index contributed by atoms with van der Waals surface area (Å²) in [6, 6.07) is 58.4. The molecular weight excluding hydrogens is 1780 g/mol. The highest BCUT2D eigenvalue weighted by molar-refractivity contribution is 8.00. The number of amides is 7. The zero-order valence-electron chi connectivity index (χ0n) is 79.8. The normalized spacial score (nSPS) is 24.0. The van der Waals surface area contributed by atoms with Gasteiger partial charge in [-0.05, 0) is 204 Å². The topological polar surface area (TPSA) is 394 Å². The molecule has 6 aliphatic heterocycles. The summed E-state index contributed by atoms with van der Waals surface area (Å²) in [4.78, 5) is 118. The van der Waals surface area contributed by atoms with Crippen molar-refractivity contribution in [2.24, 2.45) is 60.7 Å². The second-order valence-electron chi connectivity index (χ2n) is 37.2. The fraction of sp³-hybridized carbons (Fsp3) is 0.413. The number of thiophene rings is 2. The molecule has 2 aliphatic carbocycles. The van der Waals surface area contributed by atoms with Crippen molar-refractivity contribution in [3.8, 4) is 27.6 Å². The number of nitrogens with one attached hydrogen (secondary N) is 3. The van der Waals surface area contributed by atoms with Gasteiger partial charge in [-0.2, -0.15) is 10.4 Å². The number of aromatic nitrogens is 4. The summed E-state index contributed by atoms with van der Waals surface area (Å²) in [5.74, 6) is 2.18. The van der Waals surface area contributed by atoms with Crippen LogP contribution in [0.3, 0.4) is 0 Å². The van der Waals surface area contributed by atoms with Crippen molar-refractivity contribution in [1.29, 1.82) is 10.7 Å². The van der Waals surface area contributed by atoms with Crippen LogP contribution in [-0.4, -0.2) is 203 Å². The minimum absolute atomic E-state index is 0.0219. The second-order valence-corrected chi connectivity index (χ2v) is 40.4. The Morgan fingerprint density at radius 3 is 1.97 bits per heavy atom. The summed E-state index contributed by atoms with van der Waals surface area (Å²) >= 11 is 4.55. The van der Waals surface area contributed by atoms with Gasteiger partial charge < -0.3 is 43.4 Å². The lowest BCUT2D eigenvalue weighted by Crippen LogP contribution is -2.60. The predicted molar refractivity (Wildman–Crippen MR) is 541 cm³/mol. The van der Waals surface area contributed by atoms with Crippen LogP contribution in [0.2, 0.25) is 0 Å². The van der Waals surface area contributed by atoms with Crippen LogP contribution in [0, 0.1) is 40.3 Å². The Morgan fingerprint density at radius 1 is 0.620 bits per heavy atom. The average Bonchev–Trinajstić information content (AvgIpc) is 1.64. The number of likely N-dealkylation sites (tertiary alicyclic amines) is 1. The first kappa shape index (κ1) is 99.9. The largest absolute Gasteiger partial charge is 0.369 e. The van der Waals surface area contributed by atoms with Gasteiger partial charge >= 0.3 is 6.03 Å². The summed E-state index contributed by atoms with van der Waals surface area (Å²) in [6.07, 6.45) is 24.6. The van der Waals surface area contributed by atoms with Crippen LogP contribution in [0.5, 0.6) is 0 Å². The number of carbonyl (C=O) groups excluding carboxylic acids is 6. The predicted octanol–water partition coefficient (Wildman–Crippen LogP) is 15.4. The Kier molecular flexibility index (Phi) is 32.1. The molecule has 0 radical (unpaired) electrons. The molecule has 4 fully saturated rings. The van der Waals surface area contributed by atoms with E-state index >= 15 is 0 Å². The number of nitrogens with zero attached hydrogens (tertiary/aromatic N) is 16. The summed E-state index contributed by atoms with van der Waals surface area (Å²) in [5.41, 5.74) is 28.9. The average molecular weight is 1910 g/mol. The van der Waals surface area contributed by atoms with Crippen molar-refractivity contribution in [1.82, 2.24) is 64.7 Å². The molecule has 6 aromatic carbocycles. The van der Waals surface area contributed by atoms with E-state index in [-0.39, 0.29) is 84.1 Å². The van der Waals surface area contributed by atoms with E-state index in [1.54, 1.807) is 87.0 Å². The summed E-state index contributed by atoms with van der Waals surface area (Å²) in [7, 11) is 8.38. The molecule has 33 heteroatoms. The smallest absolute Gasteiger partial charge is 0.317 e. The number of urea groups is 1. The van der Waals surface area contributed by atoms with Crippen molar-refractivity contribution in [3.63, 3.8) is 0 Å². The summed E-state index contributed by atoms with van der Waals surface area (Å²) in [6.45, 7) is 14.0.